The van der Waals surface area contributed by atoms with E-state index in [9.17, 15) is 10.2 Å². The first kappa shape index (κ1) is 19.2. The fraction of sp³-hybridized carbons (Fsp3) is 0.250. The summed E-state index contributed by atoms with van der Waals surface area (Å²) in [6, 6.07) is 21.3. The minimum absolute atomic E-state index is 0.393. The predicted molar refractivity (Wildman–Crippen MR) is 124 cm³/mol. The lowest BCUT2D eigenvalue weighted by atomic mass is 9.82. The van der Waals surface area contributed by atoms with Gasteiger partial charge in [-0.05, 0) is 55.0 Å². The van der Waals surface area contributed by atoms with Crippen LogP contribution in [0.3, 0.4) is 0 Å². The van der Waals surface area contributed by atoms with Crippen molar-refractivity contribution in [3.05, 3.63) is 66.2 Å². The van der Waals surface area contributed by atoms with Crippen molar-refractivity contribution in [2.45, 2.75) is 38.4 Å². The minimum atomic E-state index is -1.21. The molecule has 4 aromatic rings. The summed E-state index contributed by atoms with van der Waals surface area (Å²) in [6.07, 6.45) is 0.393. The van der Waals surface area contributed by atoms with Gasteiger partial charge < -0.3 is 10.2 Å². The van der Waals surface area contributed by atoms with Gasteiger partial charge in [-0.2, -0.15) is 0 Å². The van der Waals surface area contributed by atoms with Crippen molar-refractivity contribution < 1.29 is 10.2 Å². The van der Waals surface area contributed by atoms with Gasteiger partial charge >= 0.3 is 0 Å². The number of benzene rings is 3. The molecular formula is C24H25BO2S. The lowest BCUT2D eigenvalue weighted by Gasteiger charge is -2.35. The largest absolute Gasteiger partial charge is 0.387 e. The summed E-state index contributed by atoms with van der Waals surface area (Å²) in [5, 5.41) is 23.7. The molecular weight excluding hydrogens is 363 g/mol. The fourth-order valence-electron chi connectivity index (χ4n) is 3.74. The third-order valence-electron chi connectivity index (χ3n) is 5.84. The van der Waals surface area contributed by atoms with Crippen molar-refractivity contribution in [3.63, 3.8) is 0 Å². The first-order valence-electron chi connectivity index (χ1n) is 9.62. The molecule has 0 aliphatic heterocycles. The van der Waals surface area contributed by atoms with Crippen LogP contribution in [-0.2, 0) is 6.42 Å². The summed E-state index contributed by atoms with van der Waals surface area (Å²) >= 11 is 1.83. The SMILES string of the molecule is Bc1cccc2sc3cccc(-c4cccc(CC(C)(O)C(C)(C)O)c4)c3c12. The lowest BCUT2D eigenvalue weighted by molar-refractivity contribution is -0.118. The lowest BCUT2D eigenvalue weighted by Crippen LogP contribution is -2.49. The Labute approximate surface area is 170 Å². The molecule has 0 saturated heterocycles. The first-order chi connectivity index (χ1) is 13.2. The van der Waals surface area contributed by atoms with E-state index < -0.39 is 11.2 Å². The second-order valence-corrected chi connectivity index (χ2v) is 9.52. The topological polar surface area (TPSA) is 40.5 Å². The van der Waals surface area contributed by atoms with Gasteiger partial charge in [0.25, 0.3) is 0 Å². The molecule has 0 radical (unpaired) electrons. The second kappa shape index (κ2) is 6.73. The maximum atomic E-state index is 10.7. The van der Waals surface area contributed by atoms with Crippen LogP contribution in [0.2, 0.25) is 0 Å². The second-order valence-electron chi connectivity index (χ2n) is 8.44. The first-order valence-corrected chi connectivity index (χ1v) is 10.4. The van der Waals surface area contributed by atoms with Gasteiger partial charge in [0, 0.05) is 21.2 Å². The number of fused-ring (bicyclic) bond motifs is 3. The summed E-state index contributed by atoms with van der Waals surface area (Å²) in [6.45, 7) is 4.99. The maximum Gasteiger partial charge on any atom is 0.140 e. The Morgan fingerprint density at radius 3 is 2.21 bits per heavy atom. The minimum Gasteiger partial charge on any atom is -0.387 e. The van der Waals surface area contributed by atoms with E-state index in [-0.39, 0.29) is 0 Å². The van der Waals surface area contributed by atoms with Gasteiger partial charge in [-0.15, -0.1) is 11.3 Å². The molecule has 4 rings (SSSR count). The number of thiophene rings is 1. The van der Waals surface area contributed by atoms with Crippen LogP contribution in [0.5, 0.6) is 0 Å². The predicted octanol–water partition coefficient (Wildman–Crippen LogP) is 4.04. The Morgan fingerprint density at radius 2 is 1.50 bits per heavy atom. The zero-order valence-corrected chi connectivity index (χ0v) is 17.6. The van der Waals surface area contributed by atoms with Gasteiger partial charge in [0.15, 0.2) is 0 Å². The molecule has 1 atom stereocenters. The van der Waals surface area contributed by atoms with Crippen molar-refractivity contribution in [2.75, 3.05) is 0 Å². The van der Waals surface area contributed by atoms with Gasteiger partial charge in [-0.25, -0.2) is 0 Å². The van der Waals surface area contributed by atoms with Crippen molar-refractivity contribution in [2.24, 2.45) is 0 Å². The molecule has 3 aromatic carbocycles. The van der Waals surface area contributed by atoms with E-state index >= 15 is 0 Å². The quantitative estimate of drug-likeness (QED) is 0.518. The van der Waals surface area contributed by atoms with Crippen LogP contribution in [0.4, 0.5) is 0 Å². The van der Waals surface area contributed by atoms with E-state index in [1.807, 2.05) is 23.5 Å². The van der Waals surface area contributed by atoms with Crippen molar-refractivity contribution in [1.82, 2.24) is 0 Å². The molecule has 1 heterocycles. The summed E-state index contributed by atoms with van der Waals surface area (Å²) < 4.78 is 2.60. The Kier molecular flexibility index (Phi) is 4.61. The molecule has 0 aliphatic rings. The van der Waals surface area contributed by atoms with Gasteiger partial charge in [-0.3, -0.25) is 0 Å². The molecule has 0 bridgehead atoms. The smallest absolute Gasteiger partial charge is 0.140 e. The van der Waals surface area contributed by atoms with Crippen molar-refractivity contribution >= 4 is 44.8 Å². The standard InChI is InChI=1S/C24H25BO2S/c1-23(2,26)24(3,27)14-15-7-4-8-16(13-15)17-9-5-11-19-21(17)22-18(25)10-6-12-20(22)28-19/h4-13,26-27H,14,25H2,1-3H3. The highest BCUT2D eigenvalue weighted by Gasteiger charge is 2.37. The molecule has 2 nitrogen and oxygen atoms in total. The summed E-state index contributed by atoms with van der Waals surface area (Å²) in [4.78, 5) is 0. The van der Waals surface area contributed by atoms with Crippen molar-refractivity contribution in [1.29, 1.82) is 0 Å². The number of hydrogen-bond acceptors (Lipinski definition) is 3. The van der Waals surface area contributed by atoms with Crippen LogP contribution < -0.4 is 5.46 Å². The zero-order chi connectivity index (χ0) is 20.1. The fourth-order valence-corrected chi connectivity index (χ4v) is 4.95. The summed E-state index contributed by atoms with van der Waals surface area (Å²) in [7, 11) is 2.17. The summed E-state index contributed by atoms with van der Waals surface area (Å²) in [5.41, 5.74) is 2.27. The molecule has 1 aromatic heterocycles. The van der Waals surface area contributed by atoms with Gasteiger partial charge in [-0.1, -0.05) is 54.0 Å². The van der Waals surface area contributed by atoms with Gasteiger partial charge in [0.2, 0.25) is 0 Å². The van der Waals surface area contributed by atoms with E-state index in [0.29, 0.717) is 6.42 Å². The average molecular weight is 388 g/mol. The molecule has 2 N–H and O–H groups in total. The Morgan fingerprint density at radius 1 is 0.857 bits per heavy atom. The molecule has 0 saturated carbocycles. The van der Waals surface area contributed by atoms with E-state index in [4.69, 9.17) is 0 Å². The van der Waals surface area contributed by atoms with E-state index in [2.05, 4.69) is 56.4 Å². The molecule has 1 unspecified atom stereocenters. The maximum absolute atomic E-state index is 10.7. The van der Waals surface area contributed by atoms with Gasteiger partial charge in [0.05, 0.1) is 11.2 Å². The Bertz CT molecular complexity index is 1170. The van der Waals surface area contributed by atoms with Crippen LogP contribution >= 0.6 is 11.3 Å². The van der Waals surface area contributed by atoms with Crippen LogP contribution in [0.1, 0.15) is 26.3 Å². The zero-order valence-electron chi connectivity index (χ0n) is 16.8. The van der Waals surface area contributed by atoms with Crippen LogP contribution in [0.15, 0.2) is 60.7 Å². The average Bonchev–Trinajstić information content (AvgIpc) is 3.00. The molecule has 142 valence electrons. The molecule has 0 spiro atoms. The van der Waals surface area contributed by atoms with E-state index in [1.165, 1.54) is 31.2 Å². The number of hydrogen-bond donors (Lipinski definition) is 2. The van der Waals surface area contributed by atoms with Gasteiger partial charge in [0.1, 0.15) is 7.85 Å². The monoisotopic (exact) mass is 388 g/mol. The van der Waals surface area contributed by atoms with Crippen molar-refractivity contribution in [3.8, 4) is 11.1 Å². The molecule has 0 fully saturated rings. The third-order valence-corrected chi connectivity index (χ3v) is 6.96. The highest BCUT2D eigenvalue weighted by atomic mass is 32.1. The van der Waals surface area contributed by atoms with E-state index in [0.717, 1.165) is 11.1 Å². The van der Waals surface area contributed by atoms with Crippen LogP contribution in [0, 0.1) is 0 Å². The molecule has 4 heteroatoms. The van der Waals surface area contributed by atoms with Crippen LogP contribution in [0.25, 0.3) is 31.3 Å². The van der Waals surface area contributed by atoms with Crippen LogP contribution in [-0.4, -0.2) is 29.3 Å². The normalized spacial score (nSPS) is 14.5. The highest BCUT2D eigenvalue weighted by molar-refractivity contribution is 7.26. The molecule has 0 amide bonds. The number of aliphatic hydroxyl groups is 2. The third kappa shape index (κ3) is 3.26. The molecule has 0 aliphatic carbocycles. The Balaban J connectivity index is 1.87. The molecule has 28 heavy (non-hydrogen) atoms. The number of rotatable bonds is 4. The Hall–Kier alpha value is -2.14. The summed E-state index contributed by atoms with van der Waals surface area (Å²) in [5.74, 6) is 0. The highest BCUT2D eigenvalue weighted by Crippen LogP contribution is 2.39. The van der Waals surface area contributed by atoms with E-state index in [1.54, 1.807) is 20.8 Å².